The van der Waals surface area contributed by atoms with E-state index in [9.17, 15) is 0 Å². The highest BCUT2D eigenvalue weighted by Crippen LogP contribution is 2.22. The molecule has 0 aromatic rings. The molecule has 0 radical (unpaired) electrons. The molecule has 134 valence electrons. The Bertz CT molecular complexity index is 224. The van der Waals surface area contributed by atoms with Crippen LogP contribution in [0.1, 0.15) is 98.8 Å². The fraction of sp³-hybridized carbons (Fsp3) is 1.00. The lowest BCUT2D eigenvalue weighted by Crippen LogP contribution is -2.11. The second kappa shape index (κ2) is 14.5. The van der Waals surface area contributed by atoms with Crippen LogP contribution < -0.4 is 5.32 Å². The van der Waals surface area contributed by atoms with Gasteiger partial charge in [-0.05, 0) is 43.7 Å². The van der Waals surface area contributed by atoms with Crippen LogP contribution in [-0.2, 0) is 0 Å². The van der Waals surface area contributed by atoms with Gasteiger partial charge in [0.25, 0.3) is 0 Å². The molecule has 3 atom stereocenters. The van der Waals surface area contributed by atoms with E-state index in [2.05, 4.69) is 47.0 Å². The van der Waals surface area contributed by atoms with Crippen molar-refractivity contribution in [1.82, 2.24) is 5.32 Å². The summed E-state index contributed by atoms with van der Waals surface area (Å²) >= 11 is 0. The summed E-state index contributed by atoms with van der Waals surface area (Å²) in [5.74, 6) is 3.63. The Morgan fingerprint density at radius 3 is 1.27 bits per heavy atom. The smallest absolute Gasteiger partial charge is 0.00494 e. The lowest BCUT2D eigenvalue weighted by molar-refractivity contribution is 0.374. The summed E-state index contributed by atoms with van der Waals surface area (Å²) in [5, 5.41) is 3.26. The summed E-state index contributed by atoms with van der Waals surface area (Å²) in [6.45, 7) is 13.2. The fourth-order valence-corrected chi connectivity index (χ4v) is 3.33. The molecular formula is C21H45N. The first kappa shape index (κ1) is 22.0. The average molecular weight is 312 g/mol. The first-order valence-corrected chi connectivity index (χ1v) is 10.1. The van der Waals surface area contributed by atoms with E-state index in [4.69, 9.17) is 0 Å². The maximum atomic E-state index is 3.26. The van der Waals surface area contributed by atoms with E-state index < -0.39 is 0 Å². The Morgan fingerprint density at radius 2 is 0.909 bits per heavy atom. The Hall–Kier alpha value is -0.0400. The standard InChI is InChI=1S/C21H45N/c1-18(2)10-7-11-19(3)12-8-13-20(4)14-9-15-21(5)16-17-22-6/h18-22H,7-17H2,1-6H3/t19-,20-,21?/m1/s1. The van der Waals surface area contributed by atoms with Crippen molar-refractivity contribution in [2.75, 3.05) is 13.6 Å². The molecule has 0 spiro atoms. The second-order valence-corrected chi connectivity index (χ2v) is 8.39. The third-order valence-corrected chi connectivity index (χ3v) is 5.15. The Labute approximate surface area is 142 Å². The second-order valence-electron chi connectivity index (χ2n) is 8.39. The molecule has 0 aliphatic carbocycles. The molecular weight excluding hydrogens is 266 g/mol. The molecule has 1 heteroatoms. The van der Waals surface area contributed by atoms with Crippen LogP contribution >= 0.6 is 0 Å². The largest absolute Gasteiger partial charge is 0.320 e. The molecule has 0 aromatic carbocycles. The van der Waals surface area contributed by atoms with Gasteiger partial charge in [0.2, 0.25) is 0 Å². The van der Waals surface area contributed by atoms with E-state index >= 15 is 0 Å². The zero-order chi connectivity index (χ0) is 16.8. The molecule has 0 aromatic heterocycles. The van der Waals surface area contributed by atoms with Crippen LogP contribution in [0, 0.1) is 23.7 Å². The predicted octanol–water partition coefficient (Wildman–Crippen LogP) is 6.67. The molecule has 0 saturated heterocycles. The Morgan fingerprint density at radius 1 is 0.545 bits per heavy atom. The molecule has 0 aliphatic heterocycles. The normalized spacial score (nSPS) is 16.0. The van der Waals surface area contributed by atoms with E-state index in [1.165, 1.54) is 70.8 Å². The number of hydrogen-bond acceptors (Lipinski definition) is 1. The van der Waals surface area contributed by atoms with Gasteiger partial charge in [0.1, 0.15) is 0 Å². The van der Waals surface area contributed by atoms with Gasteiger partial charge >= 0.3 is 0 Å². The van der Waals surface area contributed by atoms with Gasteiger partial charge in [-0.1, -0.05) is 92.4 Å². The summed E-state index contributed by atoms with van der Waals surface area (Å²) in [6, 6.07) is 0. The average Bonchev–Trinajstić information content (AvgIpc) is 2.44. The third kappa shape index (κ3) is 14.9. The highest BCUT2D eigenvalue weighted by Gasteiger charge is 2.07. The van der Waals surface area contributed by atoms with E-state index in [0.29, 0.717) is 0 Å². The lowest BCUT2D eigenvalue weighted by Gasteiger charge is -2.16. The van der Waals surface area contributed by atoms with E-state index in [0.717, 1.165) is 23.7 Å². The van der Waals surface area contributed by atoms with Gasteiger partial charge in [-0.2, -0.15) is 0 Å². The number of hydrogen-bond donors (Lipinski definition) is 1. The lowest BCUT2D eigenvalue weighted by atomic mass is 9.91. The molecule has 1 N–H and O–H groups in total. The molecule has 0 fully saturated rings. The molecule has 22 heavy (non-hydrogen) atoms. The van der Waals surface area contributed by atoms with Gasteiger partial charge in [0.15, 0.2) is 0 Å². The van der Waals surface area contributed by atoms with Gasteiger partial charge in [-0.3, -0.25) is 0 Å². The molecule has 0 amide bonds. The minimum atomic E-state index is 0.878. The summed E-state index contributed by atoms with van der Waals surface area (Å²) < 4.78 is 0. The number of nitrogens with one attached hydrogen (secondary N) is 1. The minimum Gasteiger partial charge on any atom is -0.320 e. The van der Waals surface area contributed by atoms with Gasteiger partial charge in [-0.15, -0.1) is 0 Å². The first-order chi connectivity index (χ1) is 10.5. The van der Waals surface area contributed by atoms with Crippen molar-refractivity contribution in [3.8, 4) is 0 Å². The summed E-state index contributed by atoms with van der Waals surface area (Å²) in [6.07, 6.45) is 14.2. The summed E-state index contributed by atoms with van der Waals surface area (Å²) in [5.41, 5.74) is 0. The van der Waals surface area contributed by atoms with Crippen molar-refractivity contribution in [3.63, 3.8) is 0 Å². The van der Waals surface area contributed by atoms with Crippen LogP contribution in [0.15, 0.2) is 0 Å². The van der Waals surface area contributed by atoms with Crippen molar-refractivity contribution in [2.24, 2.45) is 23.7 Å². The van der Waals surface area contributed by atoms with Crippen molar-refractivity contribution in [1.29, 1.82) is 0 Å². The monoisotopic (exact) mass is 311 g/mol. The van der Waals surface area contributed by atoms with Gasteiger partial charge < -0.3 is 5.32 Å². The van der Waals surface area contributed by atoms with Crippen LogP contribution in [0.4, 0.5) is 0 Å². The zero-order valence-electron chi connectivity index (χ0n) is 16.6. The number of rotatable bonds is 15. The van der Waals surface area contributed by atoms with Crippen molar-refractivity contribution >= 4 is 0 Å². The van der Waals surface area contributed by atoms with Gasteiger partial charge in [0.05, 0.1) is 0 Å². The van der Waals surface area contributed by atoms with Crippen LogP contribution in [0.5, 0.6) is 0 Å². The molecule has 0 rings (SSSR count). The van der Waals surface area contributed by atoms with E-state index in [1.54, 1.807) is 0 Å². The maximum Gasteiger partial charge on any atom is -0.00494 e. The zero-order valence-corrected chi connectivity index (χ0v) is 16.6. The molecule has 1 nitrogen and oxygen atoms in total. The summed E-state index contributed by atoms with van der Waals surface area (Å²) in [4.78, 5) is 0. The molecule has 0 bridgehead atoms. The Kier molecular flexibility index (Phi) is 14.5. The van der Waals surface area contributed by atoms with Gasteiger partial charge in [0, 0.05) is 0 Å². The van der Waals surface area contributed by atoms with Crippen LogP contribution in [0.25, 0.3) is 0 Å². The first-order valence-electron chi connectivity index (χ1n) is 10.1. The molecule has 0 saturated carbocycles. The minimum absolute atomic E-state index is 0.878. The third-order valence-electron chi connectivity index (χ3n) is 5.15. The van der Waals surface area contributed by atoms with Crippen LogP contribution in [0.3, 0.4) is 0 Å². The maximum absolute atomic E-state index is 3.26. The Balaban J connectivity index is 3.46. The fourth-order valence-electron chi connectivity index (χ4n) is 3.33. The molecule has 0 heterocycles. The van der Waals surface area contributed by atoms with Crippen molar-refractivity contribution < 1.29 is 0 Å². The highest BCUT2D eigenvalue weighted by molar-refractivity contribution is 4.61. The van der Waals surface area contributed by atoms with Gasteiger partial charge in [-0.25, -0.2) is 0 Å². The molecule has 0 aliphatic rings. The quantitative estimate of drug-likeness (QED) is 0.356. The topological polar surface area (TPSA) is 12.0 Å². The SMILES string of the molecule is CNCCC(C)CCC[C@H](C)CCC[C@H](C)CCCC(C)C. The van der Waals surface area contributed by atoms with Crippen molar-refractivity contribution in [3.05, 3.63) is 0 Å². The molecule has 1 unspecified atom stereocenters. The van der Waals surface area contributed by atoms with Crippen LogP contribution in [-0.4, -0.2) is 13.6 Å². The van der Waals surface area contributed by atoms with E-state index in [-0.39, 0.29) is 0 Å². The predicted molar refractivity (Wildman–Crippen MR) is 102 cm³/mol. The van der Waals surface area contributed by atoms with Crippen molar-refractivity contribution in [2.45, 2.75) is 98.8 Å². The van der Waals surface area contributed by atoms with Crippen LogP contribution in [0.2, 0.25) is 0 Å². The van der Waals surface area contributed by atoms with E-state index in [1.807, 2.05) is 0 Å². The summed E-state index contributed by atoms with van der Waals surface area (Å²) in [7, 11) is 2.05. The highest BCUT2D eigenvalue weighted by atomic mass is 14.8.